The van der Waals surface area contributed by atoms with Gasteiger partial charge in [0.15, 0.2) is 0 Å². The van der Waals surface area contributed by atoms with E-state index >= 15 is 0 Å². The van der Waals surface area contributed by atoms with Crippen molar-refractivity contribution in [2.45, 2.75) is 104 Å². The summed E-state index contributed by atoms with van der Waals surface area (Å²) in [7, 11) is 0. The average Bonchev–Trinajstić information content (AvgIpc) is 4.00. The van der Waals surface area contributed by atoms with Gasteiger partial charge in [-0.15, -0.1) is 11.3 Å². The number of β-amino-alcohol motifs (C(OH)–C–C–N with tert-alkyl or cyclic N) is 1. The highest BCUT2D eigenvalue weighted by Crippen LogP contribution is 2.35. The summed E-state index contributed by atoms with van der Waals surface area (Å²) in [5.74, 6) is -1.02. The van der Waals surface area contributed by atoms with E-state index in [2.05, 4.69) is 47.7 Å². The summed E-state index contributed by atoms with van der Waals surface area (Å²) < 4.78 is 19.9. The summed E-state index contributed by atoms with van der Waals surface area (Å²) >= 11 is 7.55. The van der Waals surface area contributed by atoms with Crippen LogP contribution in [0, 0.1) is 18.2 Å². The van der Waals surface area contributed by atoms with Crippen molar-refractivity contribution in [3.63, 3.8) is 0 Å². The fourth-order valence-corrected chi connectivity index (χ4v) is 10.1. The molecule has 2 aliphatic rings. The topological polar surface area (TPSA) is 211 Å². The van der Waals surface area contributed by atoms with E-state index in [-0.39, 0.29) is 48.7 Å². The number of likely N-dealkylation sites (tertiary alicyclic amines) is 1. The number of fused-ring (bicyclic) bond motifs is 1. The number of benzene rings is 3. The minimum absolute atomic E-state index is 0.000330. The number of hydrogen-bond donors (Lipinski definition) is 5. The molecule has 0 saturated carbocycles. The molecule has 2 saturated heterocycles. The number of aliphatic hydroxyl groups excluding tert-OH is 1. The van der Waals surface area contributed by atoms with Crippen molar-refractivity contribution in [2.75, 3.05) is 56.5 Å². The SMILES string of the molecule is C=CC(=O)Nc1cc2c(Nc3ccc(F)c(Cl)c3)ncnc2cc1OCCCN1CCN(C(=O)CCCCCCC(=O)N[C@H](C(=O)N2C[C@H](O)C[C@H]2C(=O)NCc2ccc(-c3scnc3C)cc2)C(C)(C)C)CC1. The number of unbranched alkanes of at least 4 members (excludes halogenated alkanes) is 3. The van der Waals surface area contributed by atoms with Gasteiger partial charge in [0.05, 0.1) is 45.0 Å². The van der Waals surface area contributed by atoms with E-state index in [1.54, 1.807) is 23.5 Å². The number of anilines is 3. The van der Waals surface area contributed by atoms with Crippen molar-refractivity contribution >= 4 is 80.6 Å². The lowest BCUT2D eigenvalue weighted by Crippen LogP contribution is -2.57. The van der Waals surface area contributed by atoms with Crippen LogP contribution < -0.4 is 26.0 Å². The highest BCUT2D eigenvalue weighted by molar-refractivity contribution is 7.13. The molecule has 2 aliphatic heterocycles. The molecule has 3 aromatic carbocycles. The Morgan fingerprint density at radius 2 is 1.70 bits per heavy atom. The normalized spacial score (nSPS) is 16.4. The fraction of sp³-hybridized carbons (Fsp3) is 0.444. The molecule has 20 heteroatoms. The Hall–Kier alpha value is -6.54. The van der Waals surface area contributed by atoms with Crippen LogP contribution in [0.1, 0.15) is 83.4 Å². The van der Waals surface area contributed by atoms with E-state index < -0.39 is 41.2 Å². The van der Waals surface area contributed by atoms with Gasteiger partial charge in [0.2, 0.25) is 29.5 Å². The number of amides is 5. The molecule has 5 aromatic rings. The van der Waals surface area contributed by atoms with Gasteiger partial charge in [0.1, 0.15) is 35.8 Å². The van der Waals surface area contributed by atoms with Crippen molar-refractivity contribution < 1.29 is 38.2 Å². The predicted molar refractivity (Wildman–Crippen MR) is 286 cm³/mol. The fourth-order valence-electron chi connectivity index (χ4n) is 9.07. The van der Waals surface area contributed by atoms with E-state index in [0.29, 0.717) is 79.2 Å². The molecular weight excluding hydrogens is 987 g/mol. The third kappa shape index (κ3) is 14.8. The first-order valence-electron chi connectivity index (χ1n) is 25.1. The van der Waals surface area contributed by atoms with Crippen LogP contribution in [0.2, 0.25) is 5.02 Å². The van der Waals surface area contributed by atoms with Crippen LogP contribution in [0.5, 0.6) is 5.75 Å². The summed E-state index contributed by atoms with van der Waals surface area (Å²) in [5, 5.41) is 23.0. The number of carbonyl (C=O) groups excluding carboxylic acids is 5. The molecule has 4 heterocycles. The van der Waals surface area contributed by atoms with Crippen molar-refractivity contribution in [1.29, 1.82) is 0 Å². The summed E-state index contributed by atoms with van der Waals surface area (Å²) in [5.41, 5.74) is 5.54. The first-order chi connectivity index (χ1) is 35.5. The molecular formula is C54H66ClFN10O7S. The Labute approximate surface area is 440 Å². The van der Waals surface area contributed by atoms with Crippen LogP contribution >= 0.6 is 22.9 Å². The number of nitrogens with zero attached hydrogens (tertiary/aromatic N) is 6. The molecule has 74 heavy (non-hydrogen) atoms. The smallest absolute Gasteiger partial charge is 0.247 e. The molecule has 3 atom stereocenters. The second-order valence-corrected chi connectivity index (χ2v) is 21.1. The van der Waals surface area contributed by atoms with Gasteiger partial charge in [-0.25, -0.2) is 19.3 Å². The summed E-state index contributed by atoms with van der Waals surface area (Å²) in [4.78, 5) is 86.1. The quantitative estimate of drug-likeness (QED) is 0.0332. The van der Waals surface area contributed by atoms with E-state index in [1.165, 1.54) is 29.4 Å². The zero-order chi connectivity index (χ0) is 52.9. The van der Waals surface area contributed by atoms with E-state index in [9.17, 15) is 33.5 Å². The first kappa shape index (κ1) is 55.2. The lowest BCUT2D eigenvalue weighted by atomic mass is 9.85. The van der Waals surface area contributed by atoms with Gasteiger partial charge in [-0.2, -0.15) is 0 Å². The maximum atomic E-state index is 14.1. The highest BCUT2D eigenvalue weighted by atomic mass is 35.5. The molecule has 0 spiro atoms. The van der Waals surface area contributed by atoms with E-state index in [0.717, 1.165) is 60.2 Å². The van der Waals surface area contributed by atoms with Crippen LogP contribution in [-0.2, 0) is 30.5 Å². The number of carbonyl (C=O) groups is 5. The Morgan fingerprint density at radius 3 is 2.39 bits per heavy atom. The van der Waals surface area contributed by atoms with Gasteiger partial charge >= 0.3 is 0 Å². The van der Waals surface area contributed by atoms with Gasteiger partial charge < -0.3 is 40.9 Å². The van der Waals surface area contributed by atoms with Crippen LogP contribution in [0.25, 0.3) is 21.3 Å². The standard InChI is InChI=1S/C54H66ClFN10O7S/c1-6-46(68)62-43-28-39-42(58-32-59-51(39)61-37-18-19-41(56)40(55)26-37)29-45(43)73-25-11-20-64-21-23-65(24-22-64)48(70)13-10-8-7-9-12-47(69)63-50(54(3,4)5)53(72)66-31-38(67)27-44(66)52(71)57-30-35-14-16-36(17-15-35)49-34(2)60-33-74-49/h6,14-19,26,28-29,32-33,38,44,50,67H,1,7-13,20-25,27,30-31H2,2-5H3,(H,57,71)(H,62,68)(H,63,69)(H,58,59,61)/t38-,44+,50-/m1/s1. The number of piperazine rings is 1. The molecule has 2 aromatic heterocycles. The van der Waals surface area contributed by atoms with Crippen LogP contribution in [0.15, 0.2) is 79.1 Å². The van der Waals surface area contributed by atoms with E-state index in [1.807, 2.05) is 62.4 Å². The maximum absolute atomic E-state index is 14.1. The van der Waals surface area contributed by atoms with Crippen molar-refractivity contribution in [2.24, 2.45) is 5.41 Å². The van der Waals surface area contributed by atoms with Gasteiger partial charge in [-0.3, -0.25) is 28.9 Å². The van der Waals surface area contributed by atoms with Crippen LogP contribution in [0.4, 0.5) is 21.6 Å². The third-order valence-electron chi connectivity index (χ3n) is 13.2. The second kappa shape index (κ2) is 25.6. The number of aryl methyl sites for hydroxylation is 1. The third-order valence-corrected chi connectivity index (χ3v) is 14.5. The molecule has 0 unspecified atom stereocenters. The van der Waals surface area contributed by atoms with Crippen LogP contribution in [0.3, 0.4) is 0 Å². The molecule has 0 radical (unpaired) electrons. The summed E-state index contributed by atoms with van der Waals surface area (Å²) in [6.07, 6.45) is 5.97. The Balaban J connectivity index is 0.789. The molecule has 394 valence electrons. The average molecular weight is 1050 g/mol. The molecule has 7 rings (SSSR count). The highest BCUT2D eigenvalue weighted by Gasteiger charge is 2.44. The number of rotatable bonds is 22. The number of thiazole rings is 1. The van der Waals surface area contributed by atoms with Gasteiger partial charge in [-0.05, 0) is 73.1 Å². The number of halogens is 2. The number of nitrogens with one attached hydrogen (secondary N) is 4. The first-order valence-corrected chi connectivity index (χ1v) is 26.3. The number of aromatic nitrogens is 3. The van der Waals surface area contributed by atoms with E-state index in [4.69, 9.17) is 16.3 Å². The zero-order valence-electron chi connectivity index (χ0n) is 42.4. The molecule has 17 nitrogen and oxygen atoms in total. The monoisotopic (exact) mass is 1050 g/mol. The molecule has 0 bridgehead atoms. The Morgan fingerprint density at radius 1 is 0.959 bits per heavy atom. The van der Waals surface area contributed by atoms with Crippen molar-refractivity contribution in [1.82, 2.24) is 40.3 Å². The van der Waals surface area contributed by atoms with Gasteiger partial charge in [-0.1, -0.05) is 76.1 Å². The number of hydrogen-bond acceptors (Lipinski definition) is 13. The Bertz CT molecular complexity index is 2800. The van der Waals surface area contributed by atoms with Crippen molar-refractivity contribution in [3.8, 4) is 16.2 Å². The lowest BCUT2D eigenvalue weighted by molar-refractivity contribution is -0.144. The lowest BCUT2D eigenvalue weighted by Gasteiger charge is -2.35. The second-order valence-electron chi connectivity index (χ2n) is 19.8. The zero-order valence-corrected chi connectivity index (χ0v) is 44.0. The van der Waals surface area contributed by atoms with Gasteiger partial charge in [0.25, 0.3) is 0 Å². The Kier molecular flexibility index (Phi) is 19.1. The summed E-state index contributed by atoms with van der Waals surface area (Å²) in [6, 6.07) is 13.8. The van der Waals surface area contributed by atoms with Crippen molar-refractivity contribution in [3.05, 3.63) is 101 Å². The molecule has 2 fully saturated rings. The number of aliphatic hydroxyl groups is 1. The minimum Gasteiger partial charge on any atom is -0.491 e. The van der Waals surface area contributed by atoms with Gasteiger partial charge in [0, 0.05) is 82.2 Å². The largest absolute Gasteiger partial charge is 0.491 e. The summed E-state index contributed by atoms with van der Waals surface area (Å²) in [6.45, 7) is 15.2. The predicted octanol–water partition coefficient (Wildman–Crippen LogP) is 7.79. The number of ether oxygens (including phenoxy) is 1. The van der Waals surface area contributed by atoms with Crippen LogP contribution in [-0.4, -0.2) is 128 Å². The minimum atomic E-state index is -0.904. The molecule has 5 amide bonds. The maximum Gasteiger partial charge on any atom is 0.247 e. The molecule has 0 aliphatic carbocycles. The molecule has 5 N–H and O–H groups in total.